The molecule has 1 aliphatic carbocycles. The Balaban J connectivity index is 0.00000578. The van der Waals surface area contributed by atoms with Crippen molar-refractivity contribution in [1.82, 2.24) is 5.32 Å². The van der Waals surface area contributed by atoms with Gasteiger partial charge in [-0.05, 0) is 36.7 Å². The number of ether oxygens (including phenoxy) is 1. The zero-order valence-corrected chi connectivity index (χ0v) is 20.0. The number of aliphatic hydroxyl groups excluding tert-OH is 1. The van der Waals surface area contributed by atoms with Gasteiger partial charge < -0.3 is 20.9 Å². The monoisotopic (exact) mass is 508 g/mol. The second-order valence-corrected chi connectivity index (χ2v) is 10.8. The zero-order chi connectivity index (χ0) is 24.6. The summed E-state index contributed by atoms with van der Waals surface area (Å²) in [4.78, 5) is 25.4. The number of hydrogen-bond acceptors (Lipinski definition) is 7. The predicted octanol–water partition coefficient (Wildman–Crippen LogP) is 1.77. The summed E-state index contributed by atoms with van der Waals surface area (Å²) < 4.78 is 39.2. The van der Waals surface area contributed by atoms with Gasteiger partial charge in [0.1, 0.15) is 18.0 Å². The molecule has 1 aromatic carbocycles. The minimum atomic E-state index is -4.60. The van der Waals surface area contributed by atoms with E-state index in [1.165, 1.54) is 0 Å². The van der Waals surface area contributed by atoms with Crippen LogP contribution < -0.4 is 11.1 Å². The van der Waals surface area contributed by atoms with Gasteiger partial charge in [-0.3, -0.25) is 9.35 Å². The van der Waals surface area contributed by atoms with Crippen molar-refractivity contribution in [1.29, 1.82) is 0 Å². The molecular formula is C23H37N2NaO7S. The maximum absolute atomic E-state index is 13.1. The summed E-state index contributed by atoms with van der Waals surface area (Å²) in [5, 5.41) is 11.7. The molecule has 1 aromatic rings. The molecule has 4 atom stereocenters. The molecule has 0 radical (unpaired) electrons. The third-order valence-electron chi connectivity index (χ3n) is 6.05. The molecule has 1 aliphatic rings. The number of aliphatic hydroxyl groups is 1. The second-order valence-electron chi connectivity index (χ2n) is 9.19. The number of benzene rings is 1. The van der Waals surface area contributed by atoms with Crippen LogP contribution in [0, 0.1) is 11.8 Å². The van der Waals surface area contributed by atoms with Crippen LogP contribution in [0.25, 0.3) is 0 Å². The van der Waals surface area contributed by atoms with Gasteiger partial charge in [-0.25, -0.2) is 4.79 Å². The summed E-state index contributed by atoms with van der Waals surface area (Å²) in [6.45, 7) is 3.68. The molecule has 5 N–H and O–H groups in total. The molecule has 0 spiro atoms. The molecule has 0 heterocycles. The molecule has 188 valence electrons. The van der Waals surface area contributed by atoms with Gasteiger partial charge in [0, 0.05) is 0 Å². The van der Waals surface area contributed by atoms with Gasteiger partial charge in [0.2, 0.25) is 0 Å². The first-order valence-electron chi connectivity index (χ1n) is 11.4. The Bertz CT molecular complexity index is 877. The van der Waals surface area contributed by atoms with Crippen molar-refractivity contribution in [3.63, 3.8) is 0 Å². The molecule has 11 heteroatoms. The summed E-state index contributed by atoms with van der Waals surface area (Å²) in [6.07, 6.45) is 1.10. The quantitative estimate of drug-likeness (QED) is 0.260. The van der Waals surface area contributed by atoms with Crippen molar-refractivity contribution >= 4 is 51.6 Å². The number of alkyl carbamates (subject to hydrolysis) is 1. The first-order valence-corrected chi connectivity index (χ1v) is 12.9. The van der Waals surface area contributed by atoms with Gasteiger partial charge >= 0.3 is 35.7 Å². The van der Waals surface area contributed by atoms with E-state index < -0.39 is 51.4 Å². The molecule has 0 saturated heterocycles. The van der Waals surface area contributed by atoms with Crippen LogP contribution in [-0.4, -0.2) is 82.9 Å². The third-order valence-corrected chi connectivity index (χ3v) is 7.44. The Hall–Kier alpha value is -1.01. The molecule has 1 amide bonds. The first kappa shape index (κ1) is 31.0. The van der Waals surface area contributed by atoms with Crippen molar-refractivity contribution < 1.29 is 32.4 Å². The van der Waals surface area contributed by atoms with Gasteiger partial charge in [0.25, 0.3) is 10.1 Å². The number of carbonyl (C=O) groups excluding carboxylic acids is 2. The van der Waals surface area contributed by atoms with Crippen LogP contribution >= 0.6 is 0 Å². The number of carbonyl (C=O) groups is 2. The summed E-state index contributed by atoms with van der Waals surface area (Å²) in [6, 6.07) is 6.37. The molecule has 34 heavy (non-hydrogen) atoms. The molecule has 3 unspecified atom stereocenters. The molecule has 9 nitrogen and oxygen atoms in total. The SMILES string of the molecule is CC(C)C[C@H](NC(=O)OCc1ccccc1)C(=O)C(O)C(N)C(C1CCCCC1)S(=O)(=O)O.[NaH]. The average molecular weight is 509 g/mol. The van der Waals surface area contributed by atoms with Crippen LogP contribution in [0.1, 0.15) is 57.9 Å². The average Bonchev–Trinajstić information content (AvgIpc) is 2.76. The van der Waals surface area contributed by atoms with Gasteiger partial charge in [0.05, 0.1) is 12.1 Å². The third kappa shape index (κ3) is 9.56. The fraction of sp³-hybridized carbons (Fsp3) is 0.652. The van der Waals surface area contributed by atoms with E-state index in [-0.39, 0.29) is 48.5 Å². The molecule has 0 aromatic heterocycles. The standard InChI is InChI=1S/C23H36N2O7S.Na.H/c1-15(2)13-18(25-23(28)32-14-16-9-5-3-6-10-16)20(26)21(27)19(24)22(33(29,30)31)17-11-7-4-8-12-17;;/h3,5-6,9-10,15,17-19,21-22,27H,4,7-8,11-14,24H2,1-2H3,(H,25,28)(H,29,30,31);;/t18-,19?,21?,22?;;/m0../s1. The van der Waals surface area contributed by atoms with Gasteiger partial charge in [-0.15, -0.1) is 0 Å². The minimum absolute atomic E-state index is 0. The van der Waals surface area contributed by atoms with Gasteiger partial charge in [-0.2, -0.15) is 8.42 Å². The van der Waals surface area contributed by atoms with Crippen LogP contribution in [0.4, 0.5) is 4.79 Å². The summed E-state index contributed by atoms with van der Waals surface area (Å²) in [7, 11) is -4.60. The number of nitrogens with one attached hydrogen (secondary N) is 1. The molecule has 0 bridgehead atoms. The fourth-order valence-electron chi connectivity index (χ4n) is 4.42. The van der Waals surface area contributed by atoms with E-state index >= 15 is 0 Å². The van der Waals surface area contributed by atoms with Gasteiger partial charge in [-0.1, -0.05) is 63.4 Å². The number of Topliss-reactive ketones (excluding diaryl/α,β-unsaturated/α-hetero) is 1. The molecule has 1 fully saturated rings. The summed E-state index contributed by atoms with van der Waals surface area (Å²) in [5.41, 5.74) is 6.83. The first-order chi connectivity index (χ1) is 15.5. The van der Waals surface area contributed by atoms with Crippen LogP contribution in [0.5, 0.6) is 0 Å². The Morgan fingerprint density at radius 2 is 1.74 bits per heavy atom. The second kappa shape index (κ2) is 14.5. The van der Waals surface area contributed by atoms with E-state index in [1.807, 2.05) is 19.9 Å². The Morgan fingerprint density at radius 1 is 1.15 bits per heavy atom. The van der Waals surface area contributed by atoms with E-state index in [0.717, 1.165) is 24.8 Å². The number of amides is 1. The predicted molar refractivity (Wildman–Crippen MR) is 131 cm³/mol. The van der Waals surface area contributed by atoms with E-state index in [4.69, 9.17) is 10.5 Å². The van der Waals surface area contributed by atoms with Crippen molar-refractivity contribution in [3.8, 4) is 0 Å². The van der Waals surface area contributed by atoms with E-state index in [9.17, 15) is 27.7 Å². The number of ketones is 1. The Morgan fingerprint density at radius 3 is 2.26 bits per heavy atom. The van der Waals surface area contributed by atoms with Crippen LogP contribution in [0.2, 0.25) is 0 Å². The fourth-order valence-corrected chi connectivity index (χ4v) is 5.72. The number of rotatable bonds is 11. The molecule has 2 rings (SSSR count). The summed E-state index contributed by atoms with van der Waals surface area (Å²) in [5.74, 6) is -1.27. The summed E-state index contributed by atoms with van der Waals surface area (Å²) >= 11 is 0. The number of hydrogen-bond donors (Lipinski definition) is 4. The van der Waals surface area contributed by atoms with E-state index in [0.29, 0.717) is 12.8 Å². The molecular weight excluding hydrogens is 471 g/mol. The van der Waals surface area contributed by atoms with E-state index in [1.54, 1.807) is 24.3 Å². The van der Waals surface area contributed by atoms with Crippen LogP contribution in [0.15, 0.2) is 30.3 Å². The van der Waals surface area contributed by atoms with E-state index in [2.05, 4.69) is 5.32 Å². The Labute approximate surface area is 224 Å². The normalized spacial score (nSPS) is 18.3. The topological polar surface area (TPSA) is 156 Å². The van der Waals surface area contributed by atoms with Gasteiger partial charge in [0.15, 0.2) is 5.78 Å². The molecule has 1 saturated carbocycles. The zero-order valence-electron chi connectivity index (χ0n) is 19.2. The number of nitrogens with two attached hydrogens (primary N) is 1. The van der Waals surface area contributed by atoms with Crippen molar-refractivity contribution in [2.75, 3.05) is 0 Å². The maximum atomic E-state index is 13.1. The van der Waals surface area contributed by atoms with Crippen molar-refractivity contribution in [2.45, 2.75) is 82.4 Å². The Kier molecular flexibility index (Phi) is 13.3. The van der Waals surface area contributed by atoms with Crippen molar-refractivity contribution in [2.24, 2.45) is 17.6 Å². The van der Waals surface area contributed by atoms with Crippen LogP contribution in [0.3, 0.4) is 0 Å². The van der Waals surface area contributed by atoms with Crippen LogP contribution in [-0.2, 0) is 26.3 Å². The van der Waals surface area contributed by atoms with Crippen molar-refractivity contribution in [3.05, 3.63) is 35.9 Å². The molecule has 0 aliphatic heterocycles.